The Labute approximate surface area is 149 Å². The van der Waals surface area contributed by atoms with E-state index in [-0.39, 0.29) is 24.0 Å². The van der Waals surface area contributed by atoms with Crippen LogP contribution in [0, 0.1) is 5.41 Å². The predicted molar refractivity (Wildman–Crippen MR) is 98.7 cm³/mol. The summed E-state index contributed by atoms with van der Waals surface area (Å²) in [5.41, 5.74) is 1.60. The Bertz CT molecular complexity index is 522. The third kappa shape index (κ3) is 3.58. The molecule has 0 radical (unpaired) electrons. The van der Waals surface area contributed by atoms with Gasteiger partial charge >= 0.3 is 0 Å². The Kier molecular flexibility index (Phi) is 5.74. The first kappa shape index (κ1) is 17.6. The quantitative estimate of drug-likeness (QED) is 0.465. The van der Waals surface area contributed by atoms with Gasteiger partial charge in [-0.05, 0) is 30.6 Å². The SMILES string of the molecule is CN=C(NCc1cc(C(C)C)no1)N1CCC2(CCC2)C1.I. The first-order chi connectivity index (χ1) is 10.1. The van der Waals surface area contributed by atoms with Crippen LogP contribution in [0.1, 0.15) is 56.9 Å². The van der Waals surface area contributed by atoms with Crippen LogP contribution in [0.25, 0.3) is 0 Å². The van der Waals surface area contributed by atoms with Gasteiger partial charge in [0, 0.05) is 26.2 Å². The van der Waals surface area contributed by atoms with E-state index in [2.05, 4.69) is 34.2 Å². The topological polar surface area (TPSA) is 53.7 Å². The summed E-state index contributed by atoms with van der Waals surface area (Å²) < 4.78 is 5.37. The molecule has 1 spiro atoms. The fraction of sp³-hybridized carbons (Fsp3) is 0.750. The summed E-state index contributed by atoms with van der Waals surface area (Å²) in [6.45, 7) is 7.16. The lowest BCUT2D eigenvalue weighted by molar-refractivity contribution is 0.151. The van der Waals surface area contributed by atoms with Gasteiger partial charge in [0.15, 0.2) is 11.7 Å². The lowest BCUT2D eigenvalue weighted by atomic mass is 9.68. The molecule has 0 atom stereocenters. The van der Waals surface area contributed by atoms with Crippen molar-refractivity contribution in [1.29, 1.82) is 0 Å². The second kappa shape index (κ2) is 7.19. The molecule has 2 fully saturated rings. The van der Waals surface area contributed by atoms with E-state index in [1.54, 1.807) is 0 Å². The first-order valence-electron chi connectivity index (χ1n) is 8.03. The highest BCUT2D eigenvalue weighted by molar-refractivity contribution is 14.0. The molecule has 1 aliphatic carbocycles. The standard InChI is InChI=1S/C16H26N4O.HI/c1-12(2)14-9-13(21-19-14)10-18-15(17-3)20-8-7-16(11-20)5-4-6-16;/h9,12H,4-8,10-11H2,1-3H3,(H,17,18);1H. The molecule has 5 nitrogen and oxygen atoms in total. The molecule has 22 heavy (non-hydrogen) atoms. The van der Waals surface area contributed by atoms with E-state index in [0.717, 1.165) is 30.5 Å². The molecule has 3 rings (SSSR count). The number of aromatic nitrogens is 1. The molecule has 1 aromatic rings. The highest BCUT2D eigenvalue weighted by Gasteiger charge is 2.43. The molecule has 0 bridgehead atoms. The van der Waals surface area contributed by atoms with E-state index >= 15 is 0 Å². The monoisotopic (exact) mass is 418 g/mol. The Morgan fingerprint density at radius 1 is 1.45 bits per heavy atom. The molecule has 1 aromatic heterocycles. The van der Waals surface area contributed by atoms with Gasteiger partial charge in [-0.2, -0.15) is 0 Å². The van der Waals surface area contributed by atoms with Crippen LogP contribution in [0.2, 0.25) is 0 Å². The molecule has 6 heteroatoms. The van der Waals surface area contributed by atoms with E-state index < -0.39 is 0 Å². The number of hydrogen-bond acceptors (Lipinski definition) is 3. The van der Waals surface area contributed by atoms with Gasteiger partial charge in [-0.25, -0.2) is 0 Å². The van der Waals surface area contributed by atoms with Crippen LogP contribution in [0.5, 0.6) is 0 Å². The van der Waals surface area contributed by atoms with E-state index in [9.17, 15) is 0 Å². The molecule has 1 saturated heterocycles. The summed E-state index contributed by atoms with van der Waals surface area (Å²) in [6.07, 6.45) is 5.49. The van der Waals surface area contributed by atoms with E-state index in [0.29, 0.717) is 17.9 Å². The predicted octanol–water partition coefficient (Wildman–Crippen LogP) is 3.37. The van der Waals surface area contributed by atoms with Gasteiger partial charge in [0.2, 0.25) is 0 Å². The van der Waals surface area contributed by atoms with Gasteiger partial charge < -0.3 is 14.7 Å². The van der Waals surface area contributed by atoms with Gasteiger partial charge in [-0.15, -0.1) is 24.0 Å². The zero-order chi connectivity index (χ0) is 14.9. The summed E-state index contributed by atoms with van der Waals surface area (Å²) in [5, 5.41) is 7.50. The molecule has 1 N–H and O–H groups in total. The van der Waals surface area contributed by atoms with Crippen LogP contribution in [-0.4, -0.2) is 36.2 Å². The highest BCUT2D eigenvalue weighted by Crippen LogP contribution is 2.47. The van der Waals surface area contributed by atoms with E-state index in [4.69, 9.17) is 4.52 Å². The average molecular weight is 418 g/mol. The largest absolute Gasteiger partial charge is 0.359 e. The van der Waals surface area contributed by atoms with Gasteiger partial charge in [0.05, 0.1) is 12.2 Å². The summed E-state index contributed by atoms with van der Waals surface area (Å²) in [5.74, 6) is 2.26. The summed E-state index contributed by atoms with van der Waals surface area (Å²) in [4.78, 5) is 6.81. The van der Waals surface area contributed by atoms with Crippen molar-refractivity contribution in [3.05, 3.63) is 17.5 Å². The molecule has 0 unspecified atom stereocenters. The Hall–Kier alpha value is -0.790. The fourth-order valence-electron chi connectivity index (χ4n) is 3.38. The van der Waals surface area contributed by atoms with Gasteiger partial charge in [-0.3, -0.25) is 4.99 Å². The normalized spacial score (nSPS) is 20.2. The molecular formula is C16H27IN4O. The Balaban J connectivity index is 0.00000176. The molecule has 1 saturated carbocycles. The lowest BCUT2D eigenvalue weighted by Crippen LogP contribution is -2.42. The second-order valence-electron chi connectivity index (χ2n) is 6.80. The van der Waals surface area contributed by atoms with Crippen LogP contribution < -0.4 is 5.32 Å². The minimum Gasteiger partial charge on any atom is -0.359 e. The maximum Gasteiger partial charge on any atom is 0.194 e. The zero-order valence-electron chi connectivity index (χ0n) is 13.8. The highest BCUT2D eigenvalue weighted by atomic mass is 127. The molecule has 2 heterocycles. The van der Waals surface area contributed by atoms with Crippen LogP contribution in [0.15, 0.2) is 15.6 Å². The number of aliphatic imine (C=N–C) groups is 1. The van der Waals surface area contributed by atoms with Crippen molar-refractivity contribution < 1.29 is 4.52 Å². The van der Waals surface area contributed by atoms with Crippen molar-refractivity contribution in [3.63, 3.8) is 0 Å². The minimum absolute atomic E-state index is 0. The number of hydrogen-bond donors (Lipinski definition) is 1. The third-order valence-electron chi connectivity index (χ3n) is 4.95. The average Bonchev–Trinajstić information content (AvgIpc) is 3.05. The molecular weight excluding hydrogens is 391 g/mol. The second-order valence-corrected chi connectivity index (χ2v) is 6.80. The van der Waals surface area contributed by atoms with Gasteiger partial charge in [0.25, 0.3) is 0 Å². The van der Waals surface area contributed by atoms with Crippen molar-refractivity contribution in [2.24, 2.45) is 10.4 Å². The maximum absolute atomic E-state index is 5.37. The summed E-state index contributed by atoms with van der Waals surface area (Å²) >= 11 is 0. The van der Waals surface area contributed by atoms with E-state index in [1.807, 2.05) is 13.1 Å². The number of nitrogens with zero attached hydrogens (tertiary/aromatic N) is 3. The van der Waals surface area contributed by atoms with Crippen LogP contribution >= 0.6 is 24.0 Å². The summed E-state index contributed by atoms with van der Waals surface area (Å²) in [6, 6.07) is 2.03. The van der Waals surface area contributed by atoms with Crippen molar-refractivity contribution in [1.82, 2.24) is 15.4 Å². The lowest BCUT2D eigenvalue weighted by Gasteiger charge is -2.38. The van der Waals surface area contributed by atoms with Gasteiger partial charge in [0.1, 0.15) is 0 Å². The number of likely N-dealkylation sites (tertiary alicyclic amines) is 1. The zero-order valence-corrected chi connectivity index (χ0v) is 16.1. The van der Waals surface area contributed by atoms with Crippen molar-refractivity contribution in [3.8, 4) is 0 Å². The van der Waals surface area contributed by atoms with Crippen LogP contribution in [-0.2, 0) is 6.54 Å². The van der Waals surface area contributed by atoms with Crippen molar-refractivity contribution >= 4 is 29.9 Å². The minimum atomic E-state index is 0. The Morgan fingerprint density at radius 2 is 2.23 bits per heavy atom. The number of nitrogens with one attached hydrogen (secondary N) is 1. The third-order valence-corrected chi connectivity index (χ3v) is 4.95. The Morgan fingerprint density at radius 3 is 2.73 bits per heavy atom. The summed E-state index contributed by atoms with van der Waals surface area (Å²) in [7, 11) is 1.86. The number of guanidine groups is 1. The number of halogens is 1. The van der Waals surface area contributed by atoms with Crippen molar-refractivity contribution in [2.75, 3.05) is 20.1 Å². The fourth-order valence-corrected chi connectivity index (χ4v) is 3.38. The number of rotatable bonds is 3. The van der Waals surface area contributed by atoms with Gasteiger partial charge in [-0.1, -0.05) is 25.4 Å². The molecule has 2 aliphatic rings. The molecule has 0 amide bonds. The molecule has 1 aliphatic heterocycles. The van der Waals surface area contributed by atoms with Crippen LogP contribution in [0.4, 0.5) is 0 Å². The molecule has 124 valence electrons. The first-order valence-corrected chi connectivity index (χ1v) is 8.03. The van der Waals surface area contributed by atoms with Crippen LogP contribution in [0.3, 0.4) is 0 Å². The van der Waals surface area contributed by atoms with Crippen molar-refractivity contribution in [2.45, 2.75) is 52.0 Å². The maximum atomic E-state index is 5.37. The molecule has 0 aromatic carbocycles. The smallest absolute Gasteiger partial charge is 0.194 e. The van der Waals surface area contributed by atoms with E-state index in [1.165, 1.54) is 25.7 Å².